The number of para-hydroxylation sites is 1. The first kappa shape index (κ1) is 22.6. The lowest BCUT2D eigenvalue weighted by atomic mass is 10.1. The molecule has 0 spiro atoms. The molecule has 1 aromatic heterocycles. The van der Waals surface area contributed by atoms with Crippen molar-refractivity contribution in [3.05, 3.63) is 68.9 Å². The molecule has 174 valence electrons. The molecule has 2 heterocycles. The van der Waals surface area contributed by atoms with Crippen molar-refractivity contribution in [2.24, 2.45) is 0 Å². The van der Waals surface area contributed by atoms with Crippen molar-refractivity contribution in [3.8, 4) is 0 Å². The summed E-state index contributed by atoms with van der Waals surface area (Å²) in [5, 5.41) is 2.85. The lowest BCUT2D eigenvalue weighted by molar-refractivity contribution is -0.137. The Kier molecular flexibility index (Phi) is 6.01. The molecule has 1 saturated heterocycles. The lowest BCUT2D eigenvalue weighted by Crippen LogP contribution is -2.41. The number of aromatic nitrogens is 2. The van der Waals surface area contributed by atoms with Gasteiger partial charge in [0.1, 0.15) is 6.54 Å². The number of nitrogens with one attached hydrogen (secondary N) is 1. The molecule has 1 amide bonds. The molecule has 0 aliphatic carbocycles. The number of hydrogen-bond donors (Lipinski definition) is 1. The highest BCUT2D eigenvalue weighted by Crippen LogP contribution is 2.36. The van der Waals surface area contributed by atoms with Crippen LogP contribution in [0.1, 0.15) is 25.3 Å². The average Bonchev–Trinajstić information content (AvgIpc) is 3.31. The van der Waals surface area contributed by atoms with Gasteiger partial charge in [-0.05, 0) is 50.1 Å². The zero-order valence-electron chi connectivity index (χ0n) is 18.0. The molecule has 0 unspecified atom stereocenters. The Morgan fingerprint density at radius 1 is 1.03 bits per heavy atom. The summed E-state index contributed by atoms with van der Waals surface area (Å²) in [5.41, 5.74) is -1.15. The molecular formula is C23H23F3N4O3. The van der Waals surface area contributed by atoms with Crippen molar-refractivity contribution >= 4 is 28.2 Å². The molecule has 0 saturated carbocycles. The Bertz CT molecular complexity index is 1320. The number of amides is 1. The molecule has 1 aliphatic rings. The zero-order chi connectivity index (χ0) is 23.8. The number of anilines is 2. The smallest absolute Gasteiger partial charge is 0.370 e. The van der Waals surface area contributed by atoms with Crippen LogP contribution in [-0.4, -0.2) is 28.1 Å². The maximum absolute atomic E-state index is 13.3. The van der Waals surface area contributed by atoms with E-state index in [9.17, 15) is 27.6 Å². The van der Waals surface area contributed by atoms with Crippen LogP contribution in [0.2, 0.25) is 0 Å². The second-order valence-corrected chi connectivity index (χ2v) is 7.91. The number of halogens is 3. The first-order valence-electron chi connectivity index (χ1n) is 10.7. The van der Waals surface area contributed by atoms with Crippen molar-refractivity contribution < 1.29 is 18.0 Å². The fraction of sp³-hybridized carbons (Fsp3) is 0.348. The molecule has 2 aromatic carbocycles. The number of carbonyl (C=O) groups excluding carboxylic acids is 1. The molecule has 0 radical (unpaired) electrons. The third kappa shape index (κ3) is 4.37. The Morgan fingerprint density at radius 3 is 2.39 bits per heavy atom. The predicted molar refractivity (Wildman–Crippen MR) is 120 cm³/mol. The van der Waals surface area contributed by atoms with Crippen LogP contribution >= 0.6 is 0 Å². The van der Waals surface area contributed by atoms with Gasteiger partial charge in [-0.3, -0.25) is 18.7 Å². The normalized spacial score (nSPS) is 14.1. The summed E-state index contributed by atoms with van der Waals surface area (Å²) in [6, 6.07) is 9.70. The minimum Gasteiger partial charge on any atom is -0.370 e. The molecule has 1 aliphatic heterocycles. The topological polar surface area (TPSA) is 76.3 Å². The van der Waals surface area contributed by atoms with Crippen LogP contribution in [0.15, 0.2) is 52.1 Å². The monoisotopic (exact) mass is 460 g/mol. The highest BCUT2D eigenvalue weighted by atomic mass is 19.4. The molecule has 33 heavy (non-hydrogen) atoms. The highest BCUT2D eigenvalue weighted by Gasteiger charge is 2.32. The van der Waals surface area contributed by atoms with Crippen molar-refractivity contribution in [1.82, 2.24) is 9.13 Å². The second kappa shape index (κ2) is 8.76. The predicted octanol–water partition coefficient (Wildman–Crippen LogP) is 3.44. The molecule has 10 heteroatoms. The summed E-state index contributed by atoms with van der Waals surface area (Å²) in [6.45, 7) is 2.68. The van der Waals surface area contributed by atoms with Gasteiger partial charge in [0.05, 0.1) is 27.8 Å². The summed E-state index contributed by atoms with van der Waals surface area (Å²) < 4.78 is 42.1. The largest absolute Gasteiger partial charge is 0.416 e. The quantitative estimate of drug-likeness (QED) is 0.633. The van der Waals surface area contributed by atoms with E-state index in [0.29, 0.717) is 18.8 Å². The van der Waals surface area contributed by atoms with E-state index in [4.69, 9.17) is 0 Å². The number of benzene rings is 2. The van der Waals surface area contributed by atoms with E-state index in [2.05, 4.69) is 5.32 Å². The summed E-state index contributed by atoms with van der Waals surface area (Å²) >= 11 is 0. The second-order valence-electron chi connectivity index (χ2n) is 7.91. The molecule has 3 aromatic rings. The number of fused-ring (bicyclic) bond motifs is 1. The van der Waals surface area contributed by atoms with Gasteiger partial charge in [0.2, 0.25) is 5.91 Å². The SMILES string of the molecule is CCn1c(=O)c2ccccc2n(CC(=O)Nc2cc(C(F)(F)F)ccc2N2CCCC2)c1=O. The van der Waals surface area contributed by atoms with E-state index in [1.54, 1.807) is 31.2 Å². The maximum Gasteiger partial charge on any atom is 0.416 e. The number of carbonyl (C=O) groups is 1. The van der Waals surface area contributed by atoms with Crippen LogP contribution in [0.5, 0.6) is 0 Å². The zero-order valence-corrected chi connectivity index (χ0v) is 18.0. The maximum atomic E-state index is 13.3. The number of alkyl halides is 3. The van der Waals surface area contributed by atoms with E-state index in [1.165, 1.54) is 10.6 Å². The van der Waals surface area contributed by atoms with E-state index < -0.39 is 35.4 Å². The van der Waals surface area contributed by atoms with Gasteiger partial charge in [0, 0.05) is 19.6 Å². The van der Waals surface area contributed by atoms with E-state index in [1.807, 2.05) is 4.90 Å². The van der Waals surface area contributed by atoms with E-state index in [0.717, 1.165) is 29.5 Å². The standard InChI is InChI=1S/C23H23F3N4O3/c1-2-29-21(32)16-7-3-4-8-18(16)30(22(29)33)14-20(31)27-17-13-15(23(24,25)26)9-10-19(17)28-11-5-6-12-28/h3-4,7-10,13H,2,5-6,11-12,14H2,1H3,(H,27,31). The third-order valence-corrected chi connectivity index (χ3v) is 5.79. The van der Waals surface area contributed by atoms with Crippen LogP contribution in [0.4, 0.5) is 24.5 Å². The molecule has 4 rings (SSSR count). The fourth-order valence-electron chi connectivity index (χ4n) is 4.18. The summed E-state index contributed by atoms with van der Waals surface area (Å²) in [5.74, 6) is -0.664. The number of rotatable bonds is 5. The highest BCUT2D eigenvalue weighted by molar-refractivity contribution is 5.95. The van der Waals surface area contributed by atoms with Crippen molar-refractivity contribution in [3.63, 3.8) is 0 Å². The third-order valence-electron chi connectivity index (χ3n) is 5.79. The molecule has 1 fully saturated rings. The number of hydrogen-bond acceptors (Lipinski definition) is 4. The van der Waals surface area contributed by atoms with Crippen molar-refractivity contribution in [1.29, 1.82) is 0 Å². The summed E-state index contributed by atoms with van der Waals surface area (Å²) in [6.07, 6.45) is -2.74. The Balaban J connectivity index is 1.72. The van der Waals surface area contributed by atoms with Crippen LogP contribution in [0.25, 0.3) is 10.9 Å². The van der Waals surface area contributed by atoms with Crippen molar-refractivity contribution in [2.75, 3.05) is 23.3 Å². The van der Waals surface area contributed by atoms with Gasteiger partial charge < -0.3 is 10.2 Å². The molecule has 1 N–H and O–H groups in total. The van der Waals surface area contributed by atoms with Gasteiger partial charge in [-0.1, -0.05) is 12.1 Å². The van der Waals surface area contributed by atoms with Gasteiger partial charge in [-0.2, -0.15) is 13.2 Å². The Labute approximate surface area is 187 Å². The summed E-state index contributed by atoms with van der Waals surface area (Å²) in [7, 11) is 0. The van der Waals surface area contributed by atoms with Gasteiger partial charge >= 0.3 is 11.9 Å². The van der Waals surface area contributed by atoms with Gasteiger partial charge in [0.15, 0.2) is 0 Å². The molecule has 7 nitrogen and oxygen atoms in total. The van der Waals surface area contributed by atoms with Gasteiger partial charge in [0.25, 0.3) is 5.56 Å². The van der Waals surface area contributed by atoms with Gasteiger partial charge in [-0.25, -0.2) is 4.79 Å². The van der Waals surface area contributed by atoms with E-state index in [-0.39, 0.29) is 23.1 Å². The minimum absolute atomic E-state index is 0.0397. The molecular weight excluding hydrogens is 437 g/mol. The number of nitrogens with zero attached hydrogens (tertiary/aromatic N) is 3. The van der Waals surface area contributed by atoms with Crippen molar-refractivity contribution in [2.45, 2.75) is 39.0 Å². The average molecular weight is 460 g/mol. The minimum atomic E-state index is -4.56. The van der Waals surface area contributed by atoms with E-state index >= 15 is 0 Å². The molecule has 0 bridgehead atoms. The Hall–Kier alpha value is -3.56. The fourth-order valence-corrected chi connectivity index (χ4v) is 4.18. The molecule has 0 atom stereocenters. The first-order chi connectivity index (χ1) is 15.7. The first-order valence-corrected chi connectivity index (χ1v) is 10.7. The van der Waals surface area contributed by atoms with Crippen LogP contribution in [0, 0.1) is 0 Å². The van der Waals surface area contributed by atoms with Crippen LogP contribution in [0.3, 0.4) is 0 Å². The van der Waals surface area contributed by atoms with Crippen LogP contribution in [-0.2, 0) is 24.1 Å². The van der Waals surface area contributed by atoms with Crippen LogP contribution < -0.4 is 21.5 Å². The summed E-state index contributed by atoms with van der Waals surface area (Å²) in [4.78, 5) is 40.3. The Morgan fingerprint density at radius 2 is 1.73 bits per heavy atom. The lowest BCUT2D eigenvalue weighted by Gasteiger charge is -2.23. The van der Waals surface area contributed by atoms with Gasteiger partial charge in [-0.15, -0.1) is 0 Å².